The number of guanidine groups is 1. The molecule has 1 aromatic carbocycles. The van der Waals surface area contributed by atoms with Crippen molar-refractivity contribution < 1.29 is 19.1 Å². The highest BCUT2D eigenvalue weighted by molar-refractivity contribution is 6.03. The average molecular weight is 428 g/mol. The topological polar surface area (TPSA) is 97.8 Å². The molecule has 31 heavy (non-hydrogen) atoms. The van der Waals surface area contributed by atoms with Crippen molar-refractivity contribution in [3.63, 3.8) is 0 Å². The molecule has 166 valence electrons. The Balaban J connectivity index is 1.58. The van der Waals surface area contributed by atoms with E-state index in [1.165, 1.54) is 12.0 Å². The maximum Gasteiger partial charge on any atom is 0.325 e. The monoisotopic (exact) mass is 428 g/mol. The van der Waals surface area contributed by atoms with E-state index in [-0.39, 0.29) is 18.4 Å². The molecular formula is C21H28N6O4. The van der Waals surface area contributed by atoms with E-state index >= 15 is 0 Å². The van der Waals surface area contributed by atoms with E-state index in [9.17, 15) is 14.4 Å². The Bertz CT molecular complexity index is 911. The Morgan fingerprint density at radius 1 is 1.19 bits per heavy atom. The van der Waals surface area contributed by atoms with Crippen LogP contribution < -0.4 is 5.32 Å². The van der Waals surface area contributed by atoms with Gasteiger partial charge in [0.25, 0.3) is 5.91 Å². The Morgan fingerprint density at radius 2 is 1.90 bits per heavy atom. The number of aryl methyl sites for hydroxylation is 1. The molecule has 3 aliphatic rings. The molecule has 3 amide bonds. The Hall–Kier alpha value is -3.14. The van der Waals surface area contributed by atoms with Crippen molar-refractivity contribution in [3.05, 3.63) is 35.4 Å². The fraction of sp³-hybridized carbons (Fsp3) is 0.524. The van der Waals surface area contributed by atoms with E-state index in [4.69, 9.17) is 9.73 Å². The fourth-order valence-electron chi connectivity index (χ4n) is 4.27. The van der Waals surface area contributed by atoms with Crippen molar-refractivity contribution in [1.82, 2.24) is 24.9 Å². The van der Waals surface area contributed by atoms with Gasteiger partial charge in [-0.2, -0.15) is 0 Å². The maximum absolute atomic E-state index is 12.8. The number of benzene rings is 1. The number of nitrogens with one attached hydrogen (secondary N) is 1. The molecular weight excluding hydrogens is 400 g/mol. The van der Waals surface area contributed by atoms with Crippen molar-refractivity contribution in [2.75, 3.05) is 46.9 Å². The Morgan fingerprint density at radius 3 is 2.58 bits per heavy atom. The minimum atomic E-state index is -0.578. The molecule has 0 bridgehead atoms. The quantitative estimate of drug-likeness (QED) is 0.665. The second-order valence-electron chi connectivity index (χ2n) is 8.09. The third-order valence-corrected chi connectivity index (χ3v) is 6.18. The van der Waals surface area contributed by atoms with Crippen LogP contribution in [0.25, 0.3) is 0 Å². The number of nitrogens with zero attached hydrogens (tertiary/aromatic N) is 5. The molecule has 0 aromatic heterocycles. The number of esters is 1. The van der Waals surface area contributed by atoms with Crippen LogP contribution in [0.5, 0.6) is 0 Å². The molecule has 2 fully saturated rings. The van der Waals surface area contributed by atoms with Gasteiger partial charge < -0.3 is 19.4 Å². The van der Waals surface area contributed by atoms with Gasteiger partial charge in [0.15, 0.2) is 18.2 Å². The van der Waals surface area contributed by atoms with Crippen molar-refractivity contribution in [3.8, 4) is 0 Å². The molecule has 3 heterocycles. The molecule has 1 N–H and O–H groups in total. The lowest BCUT2D eigenvalue weighted by molar-refractivity contribution is -0.142. The first-order valence-corrected chi connectivity index (χ1v) is 10.4. The third kappa shape index (κ3) is 4.07. The number of ether oxygens (including phenoxy) is 1. The van der Waals surface area contributed by atoms with E-state index in [2.05, 4.69) is 10.2 Å². The predicted octanol–water partition coefficient (Wildman–Crippen LogP) is -0.166. The van der Waals surface area contributed by atoms with Crippen LogP contribution in [0, 0.1) is 6.92 Å². The average Bonchev–Trinajstić information content (AvgIpc) is 3.14. The second-order valence-corrected chi connectivity index (χ2v) is 8.09. The minimum Gasteiger partial charge on any atom is -0.468 e. The van der Waals surface area contributed by atoms with Crippen LogP contribution in [0.1, 0.15) is 11.1 Å². The number of hydrogen-bond donors (Lipinski definition) is 1. The normalized spacial score (nSPS) is 24.1. The summed E-state index contributed by atoms with van der Waals surface area (Å²) in [5.41, 5.74) is 2.24. The van der Waals surface area contributed by atoms with E-state index in [0.29, 0.717) is 38.7 Å². The molecule has 10 nitrogen and oxygen atoms in total. The summed E-state index contributed by atoms with van der Waals surface area (Å²) in [6.45, 7) is 5.52. The molecule has 3 aliphatic heterocycles. The maximum atomic E-state index is 12.8. The van der Waals surface area contributed by atoms with Crippen molar-refractivity contribution in [2.45, 2.75) is 25.7 Å². The van der Waals surface area contributed by atoms with Crippen LogP contribution >= 0.6 is 0 Å². The number of likely N-dealkylation sites (N-methyl/N-ethyl adjacent to an activating group) is 1. The number of aliphatic imine (C=N–C) groups is 1. The van der Waals surface area contributed by atoms with Crippen LogP contribution in [0.4, 0.5) is 4.79 Å². The summed E-state index contributed by atoms with van der Waals surface area (Å²) >= 11 is 0. The highest BCUT2D eigenvalue weighted by Gasteiger charge is 2.49. The van der Waals surface area contributed by atoms with Crippen LogP contribution in [-0.2, 0) is 20.9 Å². The van der Waals surface area contributed by atoms with Gasteiger partial charge in [0, 0.05) is 39.8 Å². The van der Waals surface area contributed by atoms with Gasteiger partial charge in [0.05, 0.1) is 13.7 Å². The van der Waals surface area contributed by atoms with E-state index in [1.54, 1.807) is 7.05 Å². The molecule has 0 saturated carbocycles. The lowest BCUT2D eigenvalue weighted by atomic mass is 10.1. The summed E-state index contributed by atoms with van der Waals surface area (Å²) in [5.74, 6) is 0.132. The summed E-state index contributed by atoms with van der Waals surface area (Å²) in [5, 5.41) is 2.44. The molecule has 10 heteroatoms. The lowest BCUT2D eigenvalue weighted by Gasteiger charge is -2.40. The highest BCUT2D eigenvalue weighted by atomic mass is 16.5. The molecule has 0 radical (unpaired) electrons. The van der Waals surface area contributed by atoms with E-state index in [1.807, 2.05) is 41.0 Å². The molecule has 2 unspecified atom stereocenters. The van der Waals surface area contributed by atoms with Gasteiger partial charge in [-0.1, -0.05) is 24.3 Å². The van der Waals surface area contributed by atoms with Crippen LogP contribution in [0.15, 0.2) is 29.3 Å². The van der Waals surface area contributed by atoms with Crippen molar-refractivity contribution >= 4 is 23.9 Å². The zero-order chi connectivity index (χ0) is 22.1. The molecule has 2 atom stereocenters. The number of rotatable bonds is 4. The number of amides is 3. The molecule has 1 aromatic rings. The summed E-state index contributed by atoms with van der Waals surface area (Å²) in [6.07, 6.45) is -0.562. The van der Waals surface area contributed by atoms with Crippen LogP contribution in [0.2, 0.25) is 0 Å². The van der Waals surface area contributed by atoms with Gasteiger partial charge in [-0.3, -0.25) is 19.8 Å². The first-order valence-electron chi connectivity index (χ1n) is 10.4. The number of fused-ring (bicyclic) bond motifs is 1. The van der Waals surface area contributed by atoms with Gasteiger partial charge in [-0.25, -0.2) is 9.79 Å². The summed E-state index contributed by atoms with van der Waals surface area (Å²) in [4.78, 5) is 49.0. The summed E-state index contributed by atoms with van der Waals surface area (Å²) < 4.78 is 4.76. The van der Waals surface area contributed by atoms with Gasteiger partial charge in [0.2, 0.25) is 0 Å². The van der Waals surface area contributed by atoms with Crippen molar-refractivity contribution in [2.24, 2.45) is 4.99 Å². The third-order valence-electron chi connectivity index (χ3n) is 6.18. The Kier molecular flexibility index (Phi) is 5.81. The first-order chi connectivity index (χ1) is 14.9. The molecule has 0 aliphatic carbocycles. The molecule has 0 spiro atoms. The SMILES string of the molecule is COC(=O)CN1CCN(C2=NC3C(C(=O)NC(=O)N3C)N2Cc2ccccc2C)CC1. The molecule has 2 saturated heterocycles. The van der Waals surface area contributed by atoms with Crippen LogP contribution in [0.3, 0.4) is 0 Å². The van der Waals surface area contributed by atoms with Crippen LogP contribution in [-0.4, -0.2) is 103 Å². The first kappa shape index (κ1) is 21.1. The Labute approximate surface area is 181 Å². The minimum absolute atomic E-state index is 0.254. The van der Waals surface area contributed by atoms with E-state index in [0.717, 1.165) is 11.1 Å². The number of carbonyl (C=O) groups excluding carboxylic acids is 3. The number of carbonyl (C=O) groups is 3. The number of hydrogen-bond acceptors (Lipinski definition) is 8. The molecule has 4 rings (SSSR count). The number of piperazine rings is 1. The van der Waals surface area contributed by atoms with Gasteiger partial charge >= 0.3 is 12.0 Å². The van der Waals surface area contributed by atoms with Gasteiger partial charge in [-0.05, 0) is 18.1 Å². The van der Waals surface area contributed by atoms with Crippen molar-refractivity contribution in [1.29, 1.82) is 0 Å². The van der Waals surface area contributed by atoms with E-state index < -0.39 is 18.2 Å². The summed E-state index contributed by atoms with van der Waals surface area (Å²) in [6, 6.07) is 7.04. The lowest BCUT2D eigenvalue weighted by Crippen LogP contribution is -2.64. The zero-order valence-electron chi connectivity index (χ0n) is 18.1. The van der Waals surface area contributed by atoms with Gasteiger partial charge in [0.1, 0.15) is 0 Å². The standard InChI is InChI=1S/C21H28N6O4/c1-14-6-4-5-7-15(14)12-27-17-18(24(2)21(30)23-19(17)29)22-20(27)26-10-8-25(9-11-26)13-16(28)31-3/h4-7,17-18H,8-13H2,1-3H3,(H,23,29,30). The smallest absolute Gasteiger partial charge is 0.325 e. The van der Waals surface area contributed by atoms with Gasteiger partial charge in [-0.15, -0.1) is 0 Å². The largest absolute Gasteiger partial charge is 0.468 e. The number of methoxy groups -OCH3 is 1. The number of urea groups is 1. The second kappa shape index (κ2) is 8.54. The predicted molar refractivity (Wildman–Crippen MR) is 113 cm³/mol. The number of imide groups is 1. The zero-order valence-corrected chi connectivity index (χ0v) is 18.1. The fourth-order valence-corrected chi connectivity index (χ4v) is 4.27. The summed E-state index contributed by atoms with van der Waals surface area (Å²) in [7, 11) is 3.05. The highest BCUT2D eigenvalue weighted by Crippen LogP contribution is 2.28.